The molecule has 0 atom stereocenters. The van der Waals surface area contributed by atoms with Crippen molar-refractivity contribution in [3.05, 3.63) is 35.4 Å². The molecule has 0 saturated heterocycles. The molecule has 0 bridgehead atoms. The molecule has 0 radical (unpaired) electrons. The summed E-state index contributed by atoms with van der Waals surface area (Å²) in [7, 11) is -3.12. The van der Waals surface area contributed by atoms with E-state index in [-0.39, 0.29) is 11.2 Å². The molecule has 1 saturated carbocycles. The topological polar surface area (TPSA) is 37.4 Å². The van der Waals surface area contributed by atoms with Crippen LogP contribution in [0, 0.1) is 0 Å². The Morgan fingerprint density at radius 1 is 1.14 bits per heavy atom. The summed E-state index contributed by atoms with van der Waals surface area (Å²) in [6, 6.07) is 8.47. The highest BCUT2D eigenvalue weighted by Gasteiger charge is 2.43. The largest absolute Gasteiger partial charge is 0.214 e. The molecule has 1 aromatic rings. The van der Waals surface area contributed by atoms with E-state index in [9.17, 15) is 8.42 Å². The first-order chi connectivity index (χ1) is 10.1. The Kier molecular flexibility index (Phi) is 4.10. The number of fused-ring (bicyclic) bond motifs is 2. The van der Waals surface area contributed by atoms with Gasteiger partial charge in [-0.3, -0.25) is 0 Å². The van der Waals surface area contributed by atoms with Crippen LogP contribution in [0.15, 0.2) is 24.3 Å². The Balaban J connectivity index is 2.01. The van der Waals surface area contributed by atoms with Crippen LogP contribution < -0.4 is 0 Å². The number of benzene rings is 1. The van der Waals surface area contributed by atoms with E-state index in [1.54, 1.807) is 4.31 Å². The highest BCUT2D eigenvalue weighted by Crippen LogP contribution is 2.45. The quantitative estimate of drug-likeness (QED) is 0.858. The molecule has 21 heavy (non-hydrogen) atoms. The predicted octanol–water partition coefficient (Wildman–Crippen LogP) is 3.44. The van der Waals surface area contributed by atoms with Gasteiger partial charge in [0.05, 0.1) is 5.75 Å². The lowest BCUT2D eigenvalue weighted by Crippen LogP contribution is -2.49. The SMILES string of the molecule is CCCS(=O)(=O)N1Cc2ccccc2C2(CCCCC2)C1. The monoisotopic (exact) mass is 307 g/mol. The van der Waals surface area contributed by atoms with E-state index in [0.29, 0.717) is 19.5 Å². The van der Waals surface area contributed by atoms with Gasteiger partial charge in [0.15, 0.2) is 0 Å². The van der Waals surface area contributed by atoms with Gasteiger partial charge in [0.25, 0.3) is 0 Å². The van der Waals surface area contributed by atoms with Crippen LogP contribution in [0.5, 0.6) is 0 Å². The fourth-order valence-electron chi connectivity index (χ4n) is 4.08. The molecule has 1 aliphatic carbocycles. The summed E-state index contributed by atoms with van der Waals surface area (Å²) in [5.41, 5.74) is 2.69. The van der Waals surface area contributed by atoms with Gasteiger partial charge < -0.3 is 0 Å². The second-order valence-corrected chi connectivity index (χ2v) is 8.67. The molecule has 1 spiro atoms. The van der Waals surface area contributed by atoms with Crippen molar-refractivity contribution in [3.63, 3.8) is 0 Å². The lowest BCUT2D eigenvalue weighted by molar-refractivity contribution is 0.206. The van der Waals surface area contributed by atoms with E-state index >= 15 is 0 Å². The normalized spacial score (nSPS) is 22.1. The average Bonchev–Trinajstić information content (AvgIpc) is 2.48. The number of sulfonamides is 1. The Bertz CT molecular complexity index is 603. The van der Waals surface area contributed by atoms with Gasteiger partial charge in [-0.25, -0.2) is 8.42 Å². The standard InChI is InChI=1S/C17H25NO2S/c1-2-12-21(19,20)18-13-15-8-4-5-9-16(15)17(14-18)10-6-3-7-11-17/h4-5,8-9H,2-3,6-7,10-14H2,1H3. The summed E-state index contributed by atoms with van der Waals surface area (Å²) in [6.45, 7) is 3.18. The second kappa shape index (κ2) is 5.73. The molecular weight excluding hydrogens is 282 g/mol. The first-order valence-corrected chi connectivity index (χ1v) is 9.74. The van der Waals surface area contributed by atoms with E-state index in [0.717, 1.165) is 12.8 Å². The lowest BCUT2D eigenvalue weighted by atomic mass is 9.66. The Morgan fingerprint density at radius 2 is 1.86 bits per heavy atom. The maximum Gasteiger partial charge on any atom is 0.214 e. The molecule has 0 amide bonds. The van der Waals surface area contributed by atoms with Gasteiger partial charge in [0.1, 0.15) is 0 Å². The van der Waals surface area contributed by atoms with Crippen molar-refractivity contribution in [1.82, 2.24) is 4.31 Å². The van der Waals surface area contributed by atoms with Crippen LogP contribution in [-0.2, 0) is 22.0 Å². The Hall–Kier alpha value is -0.870. The molecule has 3 rings (SSSR count). The van der Waals surface area contributed by atoms with Gasteiger partial charge in [0.2, 0.25) is 10.0 Å². The molecule has 1 aliphatic heterocycles. The predicted molar refractivity (Wildman–Crippen MR) is 85.7 cm³/mol. The first-order valence-electron chi connectivity index (χ1n) is 8.14. The van der Waals surface area contributed by atoms with Crippen LogP contribution in [0.1, 0.15) is 56.6 Å². The van der Waals surface area contributed by atoms with Crippen molar-refractivity contribution >= 4 is 10.0 Å². The number of hydrogen-bond donors (Lipinski definition) is 0. The minimum absolute atomic E-state index is 0.0634. The molecule has 1 aromatic carbocycles. The van der Waals surface area contributed by atoms with Crippen LogP contribution in [0.2, 0.25) is 0 Å². The lowest BCUT2D eigenvalue weighted by Gasteiger charge is -2.46. The van der Waals surface area contributed by atoms with Gasteiger partial charge in [-0.1, -0.05) is 50.5 Å². The minimum Gasteiger partial charge on any atom is -0.212 e. The summed E-state index contributed by atoms with van der Waals surface area (Å²) in [6.07, 6.45) is 6.66. The third-order valence-electron chi connectivity index (χ3n) is 5.08. The summed E-state index contributed by atoms with van der Waals surface area (Å²) in [4.78, 5) is 0. The van der Waals surface area contributed by atoms with Gasteiger partial charge in [0, 0.05) is 18.5 Å². The molecule has 3 nitrogen and oxygen atoms in total. The van der Waals surface area contributed by atoms with E-state index in [1.807, 2.05) is 13.0 Å². The van der Waals surface area contributed by atoms with Crippen LogP contribution in [0.3, 0.4) is 0 Å². The zero-order valence-corrected chi connectivity index (χ0v) is 13.7. The van der Waals surface area contributed by atoms with Gasteiger partial charge >= 0.3 is 0 Å². The van der Waals surface area contributed by atoms with Crippen LogP contribution in [-0.4, -0.2) is 25.0 Å². The van der Waals surface area contributed by atoms with Crippen molar-refractivity contribution in [2.75, 3.05) is 12.3 Å². The smallest absolute Gasteiger partial charge is 0.212 e. The zero-order chi connectivity index (χ0) is 14.9. The number of nitrogens with zero attached hydrogens (tertiary/aromatic N) is 1. The Morgan fingerprint density at radius 3 is 2.57 bits per heavy atom. The summed E-state index contributed by atoms with van der Waals surface area (Å²) in [5.74, 6) is 0.269. The maximum atomic E-state index is 12.5. The van der Waals surface area contributed by atoms with E-state index < -0.39 is 10.0 Å². The van der Waals surface area contributed by atoms with Crippen molar-refractivity contribution in [1.29, 1.82) is 0 Å². The van der Waals surface area contributed by atoms with E-state index in [1.165, 1.54) is 30.4 Å². The first kappa shape index (κ1) is 15.0. The number of hydrogen-bond acceptors (Lipinski definition) is 2. The minimum atomic E-state index is -3.12. The van der Waals surface area contributed by atoms with Crippen molar-refractivity contribution in [2.24, 2.45) is 0 Å². The zero-order valence-electron chi connectivity index (χ0n) is 12.8. The van der Waals surface area contributed by atoms with Crippen molar-refractivity contribution in [2.45, 2.75) is 57.4 Å². The molecule has 1 fully saturated rings. The molecule has 116 valence electrons. The molecule has 0 N–H and O–H groups in total. The molecule has 4 heteroatoms. The van der Waals surface area contributed by atoms with Gasteiger partial charge in [-0.05, 0) is 30.4 Å². The summed E-state index contributed by atoms with van der Waals surface area (Å²) < 4.78 is 26.8. The molecule has 1 heterocycles. The highest BCUT2D eigenvalue weighted by molar-refractivity contribution is 7.89. The van der Waals surface area contributed by atoms with Crippen molar-refractivity contribution < 1.29 is 8.42 Å². The Labute approximate surface area is 128 Å². The third kappa shape index (κ3) is 2.76. The fourth-order valence-corrected chi connectivity index (χ4v) is 5.64. The average molecular weight is 307 g/mol. The van der Waals surface area contributed by atoms with E-state index in [4.69, 9.17) is 0 Å². The highest BCUT2D eigenvalue weighted by atomic mass is 32.2. The molecule has 0 unspecified atom stereocenters. The molecular formula is C17H25NO2S. The van der Waals surface area contributed by atoms with Gasteiger partial charge in [-0.15, -0.1) is 0 Å². The third-order valence-corrected chi connectivity index (χ3v) is 7.05. The van der Waals surface area contributed by atoms with Gasteiger partial charge in [-0.2, -0.15) is 4.31 Å². The molecule has 2 aliphatic rings. The summed E-state index contributed by atoms with van der Waals surface area (Å²) in [5, 5.41) is 0. The molecule has 0 aromatic heterocycles. The number of rotatable bonds is 3. The van der Waals surface area contributed by atoms with E-state index in [2.05, 4.69) is 18.2 Å². The maximum absolute atomic E-state index is 12.5. The fraction of sp³-hybridized carbons (Fsp3) is 0.647. The van der Waals surface area contributed by atoms with Crippen LogP contribution in [0.25, 0.3) is 0 Å². The second-order valence-electron chi connectivity index (χ2n) is 6.58. The summed E-state index contributed by atoms with van der Waals surface area (Å²) >= 11 is 0. The van der Waals surface area contributed by atoms with Crippen LogP contribution in [0.4, 0.5) is 0 Å². The van der Waals surface area contributed by atoms with Crippen LogP contribution >= 0.6 is 0 Å². The van der Waals surface area contributed by atoms with Crippen molar-refractivity contribution in [3.8, 4) is 0 Å².